The maximum Gasteiger partial charge on any atom is 0.341 e. The van der Waals surface area contributed by atoms with Crippen molar-refractivity contribution >= 4 is 17.9 Å². The SMILES string of the molecule is C=C(CC(=O)O)C(=O)OC(=O)C=CC. The monoisotopic (exact) mass is 198 g/mol. The molecule has 0 saturated carbocycles. The van der Waals surface area contributed by atoms with Crippen LogP contribution in [0.15, 0.2) is 24.3 Å². The van der Waals surface area contributed by atoms with E-state index in [1.807, 2.05) is 0 Å². The molecule has 0 spiro atoms. The van der Waals surface area contributed by atoms with Crippen molar-refractivity contribution in [2.45, 2.75) is 13.3 Å². The molecule has 0 aliphatic heterocycles. The number of aliphatic carboxylic acids is 1. The maximum absolute atomic E-state index is 10.9. The van der Waals surface area contributed by atoms with Gasteiger partial charge in [-0.25, -0.2) is 9.59 Å². The molecule has 5 nitrogen and oxygen atoms in total. The topological polar surface area (TPSA) is 80.7 Å². The third-order valence-corrected chi connectivity index (χ3v) is 1.15. The van der Waals surface area contributed by atoms with E-state index in [9.17, 15) is 14.4 Å². The normalized spacial score (nSPS) is 9.79. The lowest BCUT2D eigenvalue weighted by Gasteiger charge is -2.00. The van der Waals surface area contributed by atoms with Gasteiger partial charge in [-0.2, -0.15) is 0 Å². The predicted molar refractivity (Wildman–Crippen MR) is 47.3 cm³/mol. The molecule has 5 heteroatoms. The van der Waals surface area contributed by atoms with Crippen LogP contribution in [-0.4, -0.2) is 23.0 Å². The lowest BCUT2D eigenvalue weighted by molar-refractivity contribution is -0.154. The molecule has 0 radical (unpaired) electrons. The lowest BCUT2D eigenvalue weighted by atomic mass is 10.2. The van der Waals surface area contributed by atoms with Gasteiger partial charge in [0.05, 0.1) is 6.42 Å². The van der Waals surface area contributed by atoms with Gasteiger partial charge in [-0.15, -0.1) is 0 Å². The van der Waals surface area contributed by atoms with Crippen molar-refractivity contribution < 1.29 is 24.2 Å². The number of carbonyl (C=O) groups excluding carboxylic acids is 2. The van der Waals surface area contributed by atoms with Crippen LogP contribution in [0, 0.1) is 0 Å². The van der Waals surface area contributed by atoms with E-state index in [0.29, 0.717) is 0 Å². The van der Waals surface area contributed by atoms with Crippen molar-refractivity contribution in [2.24, 2.45) is 0 Å². The van der Waals surface area contributed by atoms with Crippen LogP contribution in [0.4, 0.5) is 0 Å². The molecule has 0 aliphatic rings. The Morgan fingerprint density at radius 1 is 1.43 bits per heavy atom. The molecule has 14 heavy (non-hydrogen) atoms. The molecule has 0 unspecified atom stereocenters. The Hall–Kier alpha value is -1.91. The Labute approximate surface area is 80.7 Å². The molecule has 0 aromatic carbocycles. The third kappa shape index (κ3) is 4.87. The van der Waals surface area contributed by atoms with Crippen LogP contribution in [0.5, 0.6) is 0 Å². The van der Waals surface area contributed by atoms with Gasteiger partial charge in [-0.3, -0.25) is 4.79 Å². The number of ether oxygens (including phenoxy) is 1. The first-order chi connectivity index (χ1) is 6.47. The second-order valence-electron chi connectivity index (χ2n) is 2.38. The fourth-order valence-electron chi connectivity index (χ4n) is 0.588. The smallest absolute Gasteiger partial charge is 0.341 e. The van der Waals surface area contributed by atoms with Crippen molar-refractivity contribution in [3.63, 3.8) is 0 Å². The van der Waals surface area contributed by atoms with E-state index >= 15 is 0 Å². The minimum Gasteiger partial charge on any atom is -0.481 e. The van der Waals surface area contributed by atoms with Gasteiger partial charge in [0.2, 0.25) is 0 Å². The molecule has 0 amide bonds. The molecular weight excluding hydrogens is 188 g/mol. The summed E-state index contributed by atoms with van der Waals surface area (Å²) < 4.78 is 4.23. The van der Waals surface area contributed by atoms with Gasteiger partial charge in [-0.05, 0) is 6.92 Å². The van der Waals surface area contributed by atoms with Crippen LogP contribution in [-0.2, 0) is 19.1 Å². The second-order valence-corrected chi connectivity index (χ2v) is 2.38. The van der Waals surface area contributed by atoms with Crippen molar-refractivity contribution in [1.29, 1.82) is 0 Å². The Balaban J connectivity index is 4.15. The molecule has 0 heterocycles. The molecule has 0 fully saturated rings. The molecule has 0 saturated heterocycles. The highest BCUT2D eigenvalue weighted by molar-refractivity contribution is 6.01. The molecular formula is C9H10O5. The standard InChI is InChI=1S/C9H10O5/c1-3-4-8(12)14-9(13)6(2)5-7(10)11/h3-4H,2,5H2,1H3,(H,10,11). The van der Waals surface area contributed by atoms with Crippen molar-refractivity contribution in [2.75, 3.05) is 0 Å². The minimum atomic E-state index is -1.20. The maximum atomic E-state index is 10.9. The number of carbonyl (C=O) groups is 3. The first-order valence-electron chi connectivity index (χ1n) is 3.75. The zero-order chi connectivity index (χ0) is 11.1. The van der Waals surface area contributed by atoms with Crippen LogP contribution in [0.25, 0.3) is 0 Å². The highest BCUT2D eigenvalue weighted by Crippen LogP contribution is 2.01. The highest BCUT2D eigenvalue weighted by Gasteiger charge is 2.14. The molecule has 0 aliphatic carbocycles. The number of hydrogen-bond acceptors (Lipinski definition) is 4. The van der Waals surface area contributed by atoms with Gasteiger partial charge >= 0.3 is 17.9 Å². The Morgan fingerprint density at radius 2 is 2.00 bits per heavy atom. The molecule has 0 atom stereocenters. The van der Waals surface area contributed by atoms with Crippen molar-refractivity contribution in [3.05, 3.63) is 24.3 Å². The zero-order valence-electron chi connectivity index (χ0n) is 7.65. The van der Waals surface area contributed by atoms with Gasteiger partial charge < -0.3 is 9.84 Å². The Morgan fingerprint density at radius 3 is 2.43 bits per heavy atom. The largest absolute Gasteiger partial charge is 0.481 e. The number of carboxylic acids is 1. The number of hydrogen-bond donors (Lipinski definition) is 1. The Kier molecular flexibility index (Phi) is 4.91. The summed E-state index contributed by atoms with van der Waals surface area (Å²) in [7, 11) is 0. The summed E-state index contributed by atoms with van der Waals surface area (Å²) >= 11 is 0. The zero-order valence-corrected chi connectivity index (χ0v) is 7.65. The minimum absolute atomic E-state index is 0.268. The van der Waals surface area contributed by atoms with E-state index < -0.39 is 24.3 Å². The number of esters is 2. The summed E-state index contributed by atoms with van der Waals surface area (Å²) in [5.74, 6) is -3.06. The van der Waals surface area contributed by atoms with Gasteiger partial charge in [0, 0.05) is 11.6 Å². The van der Waals surface area contributed by atoms with Gasteiger partial charge in [0.1, 0.15) is 0 Å². The van der Waals surface area contributed by atoms with Crippen molar-refractivity contribution in [3.8, 4) is 0 Å². The summed E-state index contributed by atoms with van der Waals surface area (Å²) in [6.45, 7) is 4.76. The van der Waals surface area contributed by atoms with Crippen LogP contribution in [0.1, 0.15) is 13.3 Å². The highest BCUT2D eigenvalue weighted by atomic mass is 16.6. The molecule has 76 valence electrons. The second kappa shape index (κ2) is 5.69. The van der Waals surface area contributed by atoms with Gasteiger partial charge in [0.15, 0.2) is 0 Å². The van der Waals surface area contributed by atoms with Crippen molar-refractivity contribution in [1.82, 2.24) is 0 Å². The quantitative estimate of drug-likeness (QED) is 0.407. The summed E-state index contributed by atoms with van der Waals surface area (Å²) in [4.78, 5) is 31.8. The summed E-state index contributed by atoms with van der Waals surface area (Å²) in [5.41, 5.74) is -0.268. The Bertz CT molecular complexity index is 300. The van der Waals surface area contributed by atoms with Gasteiger partial charge in [0.25, 0.3) is 0 Å². The number of allylic oxidation sites excluding steroid dienone is 1. The first-order valence-corrected chi connectivity index (χ1v) is 3.75. The molecule has 0 aromatic rings. The number of carboxylic acid groups (broad SMARTS) is 1. The first kappa shape index (κ1) is 12.1. The van der Waals surface area contributed by atoms with E-state index in [-0.39, 0.29) is 5.57 Å². The average molecular weight is 198 g/mol. The van der Waals surface area contributed by atoms with E-state index in [4.69, 9.17) is 5.11 Å². The van der Waals surface area contributed by atoms with E-state index in [1.54, 1.807) is 6.92 Å². The lowest BCUT2D eigenvalue weighted by Crippen LogP contribution is -2.14. The summed E-state index contributed by atoms with van der Waals surface area (Å²) in [6.07, 6.45) is 1.91. The van der Waals surface area contributed by atoms with E-state index in [0.717, 1.165) is 6.08 Å². The van der Waals surface area contributed by atoms with Crippen LogP contribution >= 0.6 is 0 Å². The van der Waals surface area contributed by atoms with Crippen LogP contribution in [0.3, 0.4) is 0 Å². The third-order valence-electron chi connectivity index (χ3n) is 1.15. The van der Waals surface area contributed by atoms with Crippen LogP contribution < -0.4 is 0 Å². The van der Waals surface area contributed by atoms with Crippen LogP contribution in [0.2, 0.25) is 0 Å². The molecule has 0 aromatic heterocycles. The van der Waals surface area contributed by atoms with E-state index in [2.05, 4.69) is 11.3 Å². The molecule has 1 N–H and O–H groups in total. The summed E-state index contributed by atoms with van der Waals surface area (Å²) in [5, 5.41) is 8.30. The fraction of sp³-hybridized carbons (Fsp3) is 0.222. The predicted octanol–water partition coefficient (Wildman–Crippen LogP) is 0.663. The van der Waals surface area contributed by atoms with E-state index in [1.165, 1.54) is 6.08 Å². The number of rotatable bonds is 4. The molecule has 0 rings (SSSR count). The molecule has 0 bridgehead atoms. The summed E-state index contributed by atoms with van der Waals surface area (Å²) in [6, 6.07) is 0. The van der Waals surface area contributed by atoms with Gasteiger partial charge in [-0.1, -0.05) is 12.7 Å². The average Bonchev–Trinajstić information content (AvgIpc) is 2.02. The fourth-order valence-corrected chi connectivity index (χ4v) is 0.588.